The van der Waals surface area contributed by atoms with E-state index in [4.69, 9.17) is 23.7 Å². The molecule has 15 atom stereocenters. The topological polar surface area (TPSA) is 278 Å². The van der Waals surface area contributed by atoms with E-state index in [0.29, 0.717) is 0 Å². The molecule has 1 amide bonds. The van der Waals surface area contributed by atoms with E-state index in [-0.39, 0.29) is 0 Å². The van der Waals surface area contributed by atoms with Gasteiger partial charge < -0.3 is 80.1 Å². The molecule has 3 aliphatic rings. The minimum Gasteiger partial charge on any atom is -0.394 e. The Bertz CT molecular complexity index is 747. The summed E-state index contributed by atoms with van der Waals surface area (Å²) in [7, 11) is 0. The molecule has 3 saturated heterocycles. The molecule has 0 aliphatic carbocycles. The van der Waals surface area contributed by atoms with Gasteiger partial charge in [0.1, 0.15) is 73.2 Å². The molecule has 0 aromatic rings. The summed E-state index contributed by atoms with van der Waals surface area (Å²) >= 11 is 0. The molecule has 3 rings (SSSR count). The Morgan fingerprint density at radius 3 is 1.81 bits per heavy atom. The second kappa shape index (κ2) is 12.8. The van der Waals surface area contributed by atoms with Crippen molar-refractivity contribution in [3.63, 3.8) is 0 Å². The van der Waals surface area contributed by atoms with Crippen molar-refractivity contribution in [1.82, 2.24) is 5.32 Å². The Morgan fingerprint density at radius 1 is 0.703 bits per heavy atom. The number of carbonyl (C=O) groups is 1. The number of ether oxygens (including phenoxy) is 5. The fraction of sp³-hybridized carbons (Fsp3) is 0.950. The van der Waals surface area contributed by atoms with E-state index in [1.165, 1.54) is 0 Å². The molecule has 0 aromatic heterocycles. The summed E-state index contributed by atoms with van der Waals surface area (Å²) in [5, 5.41) is 102. The van der Waals surface area contributed by atoms with Gasteiger partial charge in [-0.1, -0.05) is 0 Å². The van der Waals surface area contributed by atoms with Gasteiger partial charge >= 0.3 is 0 Å². The number of amides is 1. The zero-order valence-electron chi connectivity index (χ0n) is 19.7. The second-order valence-corrected chi connectivity index (χ2v) is 9.11. The molecular formula is C20H35NO16. The average Bonchev–Trinajstić information content (AvgIpc) is 2.86. The van der Waals surface area contributed by atoms with Gasteiger partial charge in [-0.15, -0.1) is 0 Å². The van der Waals surface area contributed by atoms with E-state index in [0.717, 1.165) is 6.92 Å². The van der Waals surface area contributed by atoms with Crippen molar-refractivity contribution in [2.24, 2.45) is 0 Å². The Balaban J connectivity index is 1.80. The predicted molar refractivity (Wildman–Crippen MR) is 113 cm³/mol. The first-order valence-electron chi connectivity index (χ1n) is 11.6. The minimum atomic E-state index is -1.86. The summed E-state index contributed by atoms with van der Waals surface area (Å²) in [6.45, 7) is -1.02. The molecule has 0 saturated carbocycles. The van der Waals surface area contributed by atoms with Crippen LogP contribution in [0.15, 0.2) is 0 Å². The Hall–Kier alpha value is -1.13. The maximum atomic E-state index is 11.7. The monoisotopic (exact) mass is 545 g/mol. The lowest BCUT2D eigenvalue weighted by Gasteiger charge is -2.47. The number of aliphatic hydroxyl groups is 10. The van der Waals surface area contributed by atoms with Crippen molar-refractivity contribution in [1.29, 1.82) is 0 Å². The highest BCUT2D eigenvalue weighted by Gasteiger charge is 2.52. The number of aliphatic hydroxyl groups excluding tert-OH is 10. The second-order valence-electron chi connectivity index (χ2n) is 9.11. The molecule has 0 spiro atoms. The largest absolute Gasteiger partial charge is 0.394 e. The highest BCUT2D eigenvalue weighted by molar-refractivity contribution is 5.73. The quantitative estimate of drug-likeness (QED) is 0.135. The van der Waals surface area contributed by atoms with Gasteiger partial charge in [0.15, 0.2) is 18.9 Å². The van der Waals surface area contributed by atoms with Crippen LogP contribution in [0, 0.1) is 0 Å². The van der Waals surface area contributed by atoms with Crippen LogP contribution in [0.2, 0.25) is 0 Å². The van der Waals surface area contributed by atoms with Crippen LogP contribution >= 0.6 is 0 Å². The Labute approximate surface area is 210 Å². The van der Waals surface area contributed by atoms with Crippen molar-refractivity contribution in [3.8, 4) is 0 Å². The maximum absolute atomic E-state index is 11.7. The van der Waals surface area contributed by atoms with Crippen LogP contribution < -0.4 is 5.32 Å². The smallest absolute Gasteiger partial charge is 0.217 e. The van der Waals surface area contributed by atoms with Crippen LogP contribution in [0.4, 0.5) is 0 Å². The van der Waals surface area contributed by atoms with E-state index in [9.17, 15) is 55.9 Å². The van der Waals surface area contributed by atoms with Crippen molar-refractivity contribution >= 4 is 5.91 Å². The zero-order chi connectivity index (χ0) is 27.6. The molecule has 37 heavy (non-hydrogen) atoms. The summed E-state index contributed by atoms with van der Waals surface area (Å²) in [6, 6.07) is -1.41. The third-order valence-corrected chi connectivity index (χ3v) is 6.48. The van der Waals surface area contributed by atoms with Crippen LogP contribution in [0.5, 0.6) is 0 Å². The summed E-state index contributed by atoms with van der Waals surface area (Å²) in [4.78, 5) is 11.7. The lowest BCUT2D eigenvalue weighted by molar-refractivity contribution is -0.362. The predicted octanol–water partition coefficient (Wildman–Crippen LogP) is -7.43. The van der Waals surface area contributed by atoms with Gasteiger partial charge in [0, 0.05) is 6.92 Å². The fourth-order valence-electron chi connectivity index (χ4n) is 4.34. The van der Waals surface area contributed by atoms with Crippen molar-refractivity contribution in [3.05, 3.63) is 0 Å². The number of hydrogen-bond donors (Lipinski definition) is 11. The summed E-state index contributed by atoms with van der Waals surface area (Å²) in [5.41, 5.74) is 0. The number of nitrogens with one attached hydrogen (secondary N) is 1. The first kappa shape index (κ1) is 30.4. The Morgan fingerprint density at radius 2 is 1.24 bits per heavy atom. The van der Waals surface area contributed by atoms with Gasteiger partial charge in [-0.25, -0.2) is 0 Å². The van der Waals surface area contributed by atoms with Gasteiger partial charge in [0.25, 0.3) is 0 Å². The third kappa shape index (κ3) is 6.55. The molecule has 216 valence electrons. The highest BCUT2D eigenvalue weighted by Crippen LogP contribution is 2.30. The van der Waals surface area contributed by atoms with Gasteiger partial charge in [0.2, 0.25) is 5.91 Å². The normalized spacial score (nSPS) is 49.0. The first-order valence-corrected chi connectivity index (χ1v) is 11.6. The molecule has 3 aliphatic heterocycles. The van der Waals surface area contributed by atoms with Gasteiger partial charge in [0.05, 0.1) is 19.8 Å². The summed E-state index contributed by atoms with van der Waals surface area (Å²) in [6.07, 6.45) is -23.0. The first-order chi connectivity index (χ1) is 17.4. The van der Waals surface area contributed by atoms with E-state index in [1.807, 2.05) is 0 Å². The lowest BCUT2D eigenvalue weighted by atomic mass is 9.95. The zero-order valence-corrected chi connectivity index (χ0v) is 19.7. The third-order valence-electron chi connectivity index (χ3n) is 6.48. The molecule has 1 unspecified atom stereocenters. The molecular weight excluding hydrogens is 510 g/mol. The highest BCUT2D eigenvalue weighted by atomic mass is 16.8. The van der Waals surface area contributed by atoms with E-state index in [1.54, 1.807) is 0 Å². The van der Waals surface area contributed by atoms with Crippen molar-refractivity contribution < 1.29 is 79.5 Å². The van der Waals surface area contributed by atoms with Crippen LogP contribution in [-0.4, -0.2) is 169 Å². The van der Waals surface area contributed by atoms with Gasteiger partial charge in [-0.2, -0.15) is 0 Å². The van der Waals surface area contributed by atoms with Crippen LogP contribution in [0.1, 0.15) is 6.92 Å². The fourth-order valence-corrected chi connectivity index (χ4v) is 4.34. The molecule has 0 bridgehead atoms. The summed E-state index contributed by atoms with van der Waals surface area (Å²) < 4.78 is 27.2. The van der Waals surface area contributed by atoms with Crippen LogP contribution in [0.3, 0.4) is 0 Å². The Kier molecular flexibility index (Phi) is 10.5. The number of hydrogen-bond acceptors (Lipinski definition) is 16. The molecule has 0 radical (unpaired) electrons. The van der Waals surface area contributed by atoms with E-state index >= 15 is 0 Å². The lowest BCUT2D eigenvalue weighted by Crippen LogP contribution is -2.67. The summed E-state index contributed by atoms with van der Waals surface area (Å²) in [5.74, 6) is -0.646. The molecule has 11 N–H and O–H groups in total. The van der Waals surface area contributed by atoms with Crippen molar-refractivity contribution in [2.75, 3.05) is 19.8 Å². The molecule has 3 fully saturated rings. The number of carbonyl (C=O) groups excluding carboxylic acids is 1. The van der Waals surface area contributed by atoms with Crippen LogP contribution in [0.25, 0.3) is 0 Å². The molecule has 0 aromatic carbocycles. The van der Waals surface area contributed by atoms with Crippen LogP contribution in [-0.2, 0) is 28.5 Å². The SMILES string of the molecule is CC(=O)N[C@H]1[C@H](O[C@@H]2[C@@H](OC[C@H]3OC(O)[C@@H](O)[C@@H](O)[C@@H]3O)O[C@H](CO)[C@@H](O)[C@@H]2O)O[C@H](CO)[C@@H](O)[C@@H]1O. The van der Waals surface area contributed by atoms with Crippen molar-refractivity contribution in [2.45, 2.75) is 99.0 Å². The number of rotatable bonds is 8. The molecule has 17 nitrogen and oxygen atoms in total. The standard InChI is InChI=1S/C20H35NO16/c1-5(24)21-9-13(28)10(25)6(2-22)35-19(9)37-17-15(30)11(26)7(3-23)36-20(17)33-4-8-12(27)14(29)16(31)18(32)34-8/h6-20,22-23,25-32H,2-4H2,1H3,(H,21,24)/t6-,7-,8-,9-,10-,11-,12-,13-,14+,15+,16+,17+,18?,19+,20+/m1/s1. The minimum absolute atomic E-state index is 0.616. The van der Waals surface area contributed by atoms with Gasteiger partial charge in [-0.05, 0) is 0 Å². The average molecular weight is 545 g/mol. The van der Waals surface area contributed by atoms with E-state index in [2.05, 4.69) is 5.32 Å². The maximum Gasteiger partial charge on any atom is 0.217 e. The molecule has 17 heteroatoms. The van der Waals surface area contributed by atoms with E-state index < -0.39 is 118 Å². The van der Waals surface area contributed by atoms with Gasteiger partial charge in [-0.3, -0.25) is 4.79 Å². The molecule has 3 heterocycles.